The molecule has 0 aromatic heterocycles. The summed E-state index contributed by atoms with van der Waals surface area (Å²) in [5.41, 5.74) is 7.91. The lowest BCUT2D eigenvalue weighted by Gasteiger charge is -2.09. The third-order valence-electron chi connectivity index (χ3n) is 2.76. The lowest BCUT2D eigenvalue weighted by molar-refractivity contribution is 0.100. The van der Waals surface area contributed by atoms with Gasteiger partial charge in [0.2, 0.25) is 0 Å². The van der Waals surface area contributed by atoms with Crippen molar-refractivity contribution in [2.75, 3.05) is 11.9 Å². The van der Waals surface area contributed by atoms with E-state index in [1.165, 1.54) is 5.56 Å². The summed E-state index contributed by atoms with van der Waals surface area (Å²) in [7, 11) is 0. The summed E-state index contributed by atoms with van der Waals surface area (Å²) in [4.78, 5) is 11.2. The number of hydrogen-bond acceptors (Lipinski definition) is 2. The van der Waals surface area contributed by atoms with Crippen molar-refractivity contribution in [3.63, 3.8) is 0 Å². The maximum atomic E-state index is 11.2. The Labute approximate surface area is 107 Å². The SMILES string of the molecule is NC(=O)c1ccccc1NCCc1ccccc1. The number of nitrogens with one attached hydrogen (secondary N) is 1. The van der Waals surface area contributed by atoms with Crippen LogP contribution in [-0.4, -0.2) is 12.5 Å². The van der Waals surface area contributed by atoms with Gasteiger partial charge in [0, 0.05) is 12.2 Å². The zero-order valence-electron chi connectivity index (χ0n) is 10.1. The summed E-state index contributed by atoms with van der Waals surface area (Å²) < 4.78 is 0. The molecule has 0 saturated heterocycles. The first-order valence-corrected chi connectivity index (χ1v) is 5.94. The van der Waals surface area contributed by atoms with Gasteiger partial charge in [-0.05, 0) is 24.1 Å². The molecule has 3 N–H and O–H groups in total. The Morgan fingerprint density at radius 2 is 1.67 bits per heavy atom. The predicted octanol–water partition coefficient (Wildman–Crippen LogP) is 2.44. The Hall–Kier alpha value is -2.29. The molecule has 1 amide bonds. The van der Waals surface area contributed by atoms with Crippen molar-refractivity contribution in [1.82, 2.24) is 0 Å². The van der Waals surface area contributed by atoms with Gasteiger partial charge in [0.15, 0.2) is 0 Å². The van der Waals surface area contributed by atoms with Crippen LogP contribution in [0.1, 0.15) is 15.9 Å². The van der Waals surface area contributed by atoms with Crippen LogP contribution in [0.2, 0.25) is 0 Å². The standard InChI is InChI=1S/C15H16N2O/c16-15(18)13-8-4-5-9-14(13)17-11-10-12-6-2-1-3-7-12/h1-9,17H,10-11H2,(H2,16,18). The molecule has 0 fully saturated rings. The molecule has 18 heavy (non-hydrogen) atoms. The van der Waals surface area contributed by atoms with E-state index in [-0.39, 0.29) is 0 Å². The number of rotatable bonds is 5. The molecule has 92 valence electrons. The minimum Gasteiger partial charge on any atom is -0.384 e. The van der Waals surface area contributed by atoms with Gasteiger partial charge in [-0.3, -0.25) is 4.79 Å². The van der Waals surface area contributed by atoms with E-state index in [1.807, 2.05) is 36.4 Å². The van der Waals surface area contributed by atoms with Crippen LogP contribution in [0.15, 0.2) is 54.6 Å². The van der Waals surface area contributed by atoms with Gasteiger partial charge < -0.3 is 11.1 Å². The van der Waals surface area contributed by atoms with Crippen molar-refractivity contribution < 1.29 is 4.79 Å². The molecule has 3 nitrogen and oxygen atoms in total. The fraction of sp³-hybridized carbons (Fsp3) is 0.133. The van der Waals surface area contributed by atoms with Gasteiger partial charge in [-0.25, -0.2) is 0 Å². The van der Waals surface area contributed by atoms with Crippen molar-refractivity contribution >= 4 is 11.6 Å². The molecule has 0 aliphatic rings. The molecular weight excluding hydrogens is 224 g/mol. The number of benzene rings is 2. The summed E-state index contributed by atoms with van der Waals surface area (Å²) in [6.45, 7) is 0.772. The number of carbonyl (C=O) groups excluding carboxylic acids is 1. The first kappa shape index (κ1) is 12.2. The monoisotopic (exact) mass is 240 g/mol. The number of carbonyl (C=O) groups is 1. The number of amides is 1. The van der Waals surface area contributed by atoms with E-state index in [1.54, 1.807) is 6.07 Å². The highest BCUT2D eigenvalue weighted by Crippen LogP contribution is 2.14. The molecule has 3 heteroatoms. The van der Waals surface area contributed by atoms with Gasteiger partial charge in [0.25, 0.3) is 5.91 Å². The molecule has 0 heterocycles. The Morgan fingerprint density at radius 1 is 1.00 bits per heavy atom. The third-order valence-corrected chi connectivity index (χ3v) is 2.76. The predicted molar refractivity (Wildman–Crippen MR) is 73.6 cm³/mol. The third kappa shape index (κ3) is 3.10. The molecular formula is C15H16N2O. The second kappa shape index (κ2) is 5.87. The first-order chi connectivity index (χ1) is 8.77. The van der Waals surface area contributed by atoms with Crippen LogP contribution in [0.3, 0.4) is 0 Å². The molecule has 0 aliphatic heterocycles. The van der Waals surface area contributed by atoms with Gasteiger partial charge in [-0.2, -0.15) is 0 Å². The molecule has 0 spiro atoms. The summed E-state index contributed by atoms with van der Waals surface area (Å²) in [5, 5.41) is 3.24. The second-order valence-electron chi connectivity index (χ2n) is 4.07. The van der Waals surface area contributed by atoms with Crippen molar-refractivity contribution in [1.29, 1.82) is 0 Å². The Morgan fingerprint density at radius 3 is 2.39 bits per heavy atom. The van der Waals surface area contributed by atoms with Crippen LogP contribution in [0.5, 0.6) is 0 Å². The minimum atomic E-state index is -0.405. The number of primary amides is 1. The van der Waals surface area contributed by atoms with E-state index < -0.39 is 5.91 Å². The Bertz CT molecular complexity index is 523. The topological polar surface area (TPSA) is 55.1 Å². The summed E-state index contributed by atoms with van der Waals surface area (Å²) in [5.74, 6) is -0.405. The van der Waals surface area contributed by atoms with Crippen molar-refractivity contribution in [2.45, 2.75) is 6.42 Å². The average molecular weight is 240 g/mol. The molecule has 2 rings (SSSR count). The summed E-state index contributed by atoms with van der Waals surface area (Å²) >= 11 is 0. The number of hydrogen-bond donors (Lipinski definition) is 2. The molecule has 0 saturated carbocycles. The van der Waals surface area contributed by atoms with Gasteiger partial charge in [-0.15, -0.1) is 0 Å². The summed E-state index contributed by atoms with van der Waals surface area (Å²) in [6, 6.07) is 17.5. The van der Waals surface area contributed by atoms with E-state index >= 15 is 0 Å². The number of para-hydroxylation sites is 1. The van der Waals surface area contributed by atoms with E-state index in [4.69, 9.17) is 5.73 Å². The van der Waals surface area contributed by atoms with Crippen molar-refractivity contribution in [3.8, 4) is 0 Å². The lowest BCUT2D eigenvalue weighted by atomic mass is 10.1. The molecule has 0 unspecified atom stereocenters. The quantitative estimate of drug-likeness (QED) is 0.843. The molecule has 0 aliphatic carbocycles. The average Bonchev–Trinajstić information content (AvgIpc) is 2.40. The van der Waals surface area contributed by atoms with Crippen LogP contribution < -0.4 is 11.1 Å². The number of anilines is 1. The Balaban J connectivity index is 1.97. The highest BCUT2D eigenvalue weighted by atomic mass is 16.1. The second-order valence-corrected chi connectivity index (χ2v) is 4.07. The van der Waals surface area contributed by atoms with Crippen molar-refractivity contribution in [3.05, 3.63) is 65.7 Å². The van der Waals surface area contributed by atoms with Crippen LogP contribution in [0.25, 0.3) is 0 Å². The van der Waals surface area contributed by atoms with Gasteiger partial charge >= 0.3 is 0 Å². The van der Waals surface area contributed by atoms with E-state index in [0.717, 1.165) is 18.7 Å². The zero-order valence-corrected chi connectivity index (χ0v) is 10.1. The molecule has 0 radical (unpaired) electrons. The van der Waals surface area contributed by atoms with Gasteiger partial charge in [0.05, 0.1) is 5.56 Å². The smallest absolute Gasteiger partial charge is 0.250 e. The summed E-state index contributed by atoms with van der Waals surface area (Å²) in [6.07, 6.45) is 0.911. The first-order valence-electron chi connectivity index (χ1n) is 5.94. The van der Waals surface area contributed by atoms with Crippen LogP contribution >= 0.6 is 0 Å². The number of nitrogens with two attached hydrogens (primary N) is 1. The highest BCUT2D eigenvalue weighted by Gasteiger charge is 2.05. The normalized spacial score (nSPS) is 10.0. The fourth-order valence-corrected chi connectivity index (χ4v) is 1.84. The zero-order chi connectivity index (χ0) is 12.8. The van der Waals surface area contributed by atoms with Crippen LogP contribution in [0, 0.1) is 0 Å². The molecule has 2 aromatic rings. The maximum absolute atomic E-state index is 11.2. The van der Waals surface area contributed by atoms with Crippen LogP contribution in [0.4, 0.5) is 5.69 Å². The fourth-order valence-electron chi connectivity index (χ4n) is 1.84. The maximum Gasteiger partial charge on any atom is 0.250 e. The molecule has 0 bridgehead atoms. The lowest BCUT2D eigenvalue weighted by Crippen LogP contribution is -2.15. The minimum absolute atomic E-state index is 0.405. The van der Waals surface area contributed by atoms with Crippen molar-refractivity contribution in [2.24, 2.45) is 5.73 Å². The highest BCUT2D eigenvalue weighted by molar-refractivity contribution is 5.98. The van der Waals surface area contributed by atoms with E-state index in [2.05, 4.69) is 17.4 Å². The molecule has 2 aromatic carbocycles. The largest absolute Gasteiger partial charge is 0.384 e. The van der Waals surface area contributed by atoms with Gasteiger partial charge in [-0.1, -0.05) is 42.5 Å². The van der Waals surface area contributed by atoms with E-state index in [9.17, 15) is 4.79 Å². The molecule has 0 atom stereocenters. The van der Waals surface area contributed by atoms with Gasteiger partial charge in [0.1, 0.15) is 0 Å². The van der Waals surface area contributed by atoms with E-state index in [0.29, 0.717) is 5.56 Å². The Kier molecular flexibility index (Phi) is 3.97. The van der Waals surface area contributed by atoms with Crippen LogP contribution in [-0.2, 0) is 6.42 Å².